The topological polar surface area (TPSA) is 73.8 Å². The molecule has 25 heavy (non-hydrogen) atoms. The zero-order valence-electron chi connectivity index (χ0n) is 15.5. The summed E-state index contributed by atoms with van der Waals surface area (Å²) in [4.78, 5) is 6.96. The Kier molecular flexibility index (Phi) is 6.61. The highest BCUT2D eigenvalue weighted by molar-refractivity contribution is 7.89. The Labute approximate surface area is 152 Å². The zero-order chi connectivity index (χ0) is 17.7. The van der Waals surface area contributed by atoms with Crippen LogP contribution in [0.2, 0.25) is 0 Å². The van der Waals surface area contributed by atoms with Crippen molar-refractivity contribution in [3.8, 4) is 0 Å². The molecule has 2 N–H and O–H groups in total. The number of fused-ring (bicyclic) bond motifs is 1. The fourth-order valence-corrected chi connectivity index (χ4v) is 5.26. The van der Waals surface area contributed by atoms with Gasteiger partial charge in [-0.3, -0.25) is 4.99 Å². The van der Waals surface area contributed by atoms with Crippen molar-refractivity contribution < 1.29 is 8.42 Å². The van der Waals surface area contributed by atoms with Crippen molar-refractivity contribution in [1.82, 2.24) is 14.9 Å². The van der Waals surface area contributed by atoms with Gasteiger partial charge in [0.1, 0.15) is 0 Å². The minimum atomic E-state index is -3.21. The van der Waals surface area contributed by atoms with Gasteiger partial charge in [-0.25, -0.2) is 13.1 Å². The number of hydrogen-bond acceptors (Lipinski definition) is 3. The number of rotatable bonds is 7. The van der Waals surface area contributed by atoms with E-state index in [0.717, 1.165) is 50.3 Å². The number of guanidine groups is 1. The molecule has 3 rings (SSSR count). The fourth-order valence-electron chi connectivity index (χ4n) is 4.29. The Balaban J connectivity index is 1.49. The zero-order valence-corrected chi connectivity index (χ0v) is 16.4. The van der Waals surface area contributed by atoms with Gasteiger partial charge in [0, 0.05) is 26.2 Å². The first kappa shape index (κ1) is 19.0. The molecule has 2 atom stereocenters. The smallest absolute Gasteiger partial charge is 0.213 e. The third kappa shape index (κ3) is 5.33. The fraction of sp³-hybridized carbons (Fsp3) is 0.944. The molecule has 2 unspecified atom stereocenters. The van der Waals surface area contributed by atoms with Crippen LogP contribution >= 0.6 is 0 Å². The summed E-state index contributed by atoms with van der Waals surface area (Å²) >= 11 is 0. The van der Waals surface area contributed by atoms with E-state index in [2.05, 4.69) is 26.9 Å². The summed E-state index contributed by atoms with van der Waals surface area (Å²) in [6, 6.07) is 0. The SMILES string of the molecule is CCNC(=NCCS(=O)(=O)NCC1CCC1)N1CC2CCCCC2C1. The number of likely N-dealkylation sites (tertiary alicyclic amines) is 1. The van der Waals surface area contributed by atoms with Crippen LogP contribution in [-0.4, -0.2) is 57.8 Å². The van der Waals surface area contributed by atoms with Crippen LogP contribution in [0.4, 0.5) is 0 Å². The Bertz CT molecular complexity index is 545. The summed E-state index contributed by atoms with van der Waals surface area (Å²) in [5.74, 6) is 3.11. The number of aliphatic imine (C=N–C) groups is 1. The van der Waals surface area contributed by atoms with Crippen LogP contribution in [0.15, 0.2) is 4.99 Å². The van der Waals surface area contributed by atoms with E-state index in [9.17, 15) is 8.42 Å². The molecule has 1 aliphatic heterocycles. The third-order valence-corrected chi connectivity index (χ3v) is 7.38. The van der Waals surface area contributed by atoms with Crippen molar-refractivity contribution in [3.63, 3.8) is 0 Å². The molecule has 0 bridgehead atoms. The Morgan fingerprint density at radius 2 is 1.76 bits per heavy atom. The molecule has 0 amide bonds. The van der Waals surface area contributed by atoms with E-state index < -0.39 is 10.0 Å². The van der Waals surface area contributed by atoms with E-state index in [1.165, 1.54) is 32.1 Å². The molecular formula is C18H34N4O2S. The number of hydrogen-bond donors (Lipinski definition) is 2. The lowest BCUT2D eigenvalue weighted by molar-refractivity contribution is 0.299. The first-order valence-corrected chi connectivity index (χ1v) is 11.7. The molecule has 3 fully saturated rings. The van der Waals surface area contributed by atoms with Crippen LogP contribution in [0.25, 0.3) is 0 Å². The van der Waals surface area contributed by atoms with E-state index >= 15 is 0 Å². The first-order chi connectivity index (χ1) is 12.1. The van der Waals surface area contributed by atoms with Gasteiger partial charge >= 0.3 is 0 Å². The van der Waals surface area contributed by atoms with E-state index in [0.29, 0.717) is 19.0 Å². The van der Waals surface area contributed by atoms with E-state index in [1.54, 1.807) is 0 Å². The quantitative estimate of drug-likeness (QED) is 0.529. The van der Waals surface area contributed by atoms with Gasteiger partial charge in [-0.2, -0.15) is 0 Å². The molecule has 1 heterocycles. The molecule has 0 spiro atoms. The van der Waals surface area contributed by atoms with Gasteiger partial charge in [-0.1, -0.05) is 19.3 Å². The minimum Gasteiger partial charge on any atom is -0.357 e. The molecule has 2 saturated carbocycles. The predicted molar refractivity (Wildman–Crippen MR) is 102 cm³/mol. The van der Waals surface area contributed by atoms with E-state index in [1.807, 2.05) is 0 Å². The first-order valence-electron chi connectivity index (χ1n) is 10.1. The van der Waals surface area contributed by atoms with Crippen LogP contribution in [0.1, 0.15) is 51.9 Å². The lowest BCUT2D eigenvalue weighted by Crippen LogP contribution is -2.41. The number of nitrogens with one attached hydrogen (secondary N) is 2. The molecule has 0 radical (unpaired) electrons. The molecule has 3 aliphatic rings. The van der Waals surface area contributed by atoms with Crippen molar-refractivity contribution >= 4 is 16.0 Å². The van der Waals surface area contributed by atoms with Gasteiger partial charge in [-0.15, -0.1) is 0 Å². The Morgan fingerprint density at radius 3 is 2.32 bits per heavy atom. The Morgan fingerprint density at radius 1 is 1.08 bits per heavy atom. The van der Waals surface area contributed by atoms with E-state index in [-0.39, 0.29) is 5.75 Å². The molecule has 7 heteroatoms. The second-order valence-electron chi connectivity index (χ2n) is 7.91. The van der Waals surface area contributed by atoms with Gasteiger partial charge < -0.3 is 10.2 Å². The molecule has 1 saturated heterocycles. The minimum absolute atomic E-state index is 0.0787. The largest absolute Gasteiger partial charge is 0.357 e. The summed E-state index contributed by atoms with van der Waals surface area (Å²) in [6.07, 6.45) is 8.92. The van der Waals surface area contributed by atoms with Crippen LogP contribution in [-0.2, 0) is 10.0 Å². The lowest BCUT2D eigenvalue weighted by atomic mass is 9.82. The summed E-state index contributed by atoms with van der Waals surface area (Å²) in [6.45, 7) is 5.95. The van der Waals surface area contributed by atoms with Gasteiger partial charge in [0.25, 0.3) is 0 Å². The van der Waals surface area contributed by atoms with Gasteiger partial charge in [-0.05, 0) is 50.4 Å². The maximum Gasteiger partial charge on any atom is 0.213 e. The van der Waals surface area contributed by atoms with Crippen molar-refractivity contribution in [2.45, 2.75) is 51.9 Å². The second kappa shape index (κ2) is 8.71. The standard InChI is InChI=1S/C18H34N4O2S/c1-2-19-18(22-13-16-8-3-4-9-17(16)14-22)20-10-11-25(23,24)21-12-15-6-5-7-15/h15-17,21H,2-14H2,1H3,(H,19,20). The monoisotopic (exact) mass is 370 g/mol. The summed E-state index contributed by atoms with van der Waals surface area (Å²) in [5, 5.41) is 3.35. The summed E-state index contributed by atoms with van der Waals surface area (Å²) in [5.41, 5.74) is 0. The van der Waals surface area contributed by atoms with Gasteiger partial charge in [0.05, 0.1) is 12.3 Å². The van der Waals surface area contributed by atoms with Gasteiger partial charge in [0.2, 0.25) is 10.0 Å². The highest BCUT2D eigenvalue weighted by Gasteiger charge is 2.35. The summed E-state index contributed by atoms with van der Waals surface area (Å²) in [7, 11) is -3.21. The van der Waals surface area contributed by atoms with Crippen molar-refractivity contribution in [3.05, 3.63) is 0 Å². The average Bonchev–Trinajstić information content (AvgIpc) is 2.96. The van der Waals surface area contributed by atoms with Crippen LogP contribution < -0.4 is 10.0 Å². The van der Waals surface area contributed by atoms with Crippen molar-refractivity contribution in [2.75, 3.05) is 38.5 Å². The lowest BCUT2D eigenvalue weighted by Gasteiger charge is -2.25. The van der Waals surface area contributed by atoms with Crippen LogP contribution in [0.3, 0.4) is 0 Å². The molecule has 0 aromatic carbocycles. The van der Waals surface area contributed by atoms with Crippen LogP contribution in [0.5, 0.6) is 0 Å². The van der Waals surface area contributed by atoms with Crippen molar-refractivity contribution in [2.24, 2.45) is 22.7 Å². The average molecular weight is 371 g/mol. The van der Waals surface area contributed by atoms with Crippen LogP contribution in [0, 0.1) is 17.8 Å². The highest BCUT2D eigenvalue weighted by atomic mass is 32.2. The molecule has 2 aliphatic carbocycles. The maximum absolute atomic E-state index is 12.1. The van der Waals surface area contributed by atoms with Crippen molar-refractivity contribution in [1.29, 1.82) is 0 Å². The normalized spacial score (nSPS) is 27.9. The number of nitrogens with zero attached hydrogens (tertiary/aromatic N) is 2. The predicted octanol–water partition coefficient (Wildman–Crippen LogP) is 1.79. The molecule has 6 nitrogen and oxygen atoms in total. The maximum atomic E-state index is 12.1. The second-order valence-corrected chi connectivity index (χ2v) is 9.84. The summed E-state index contributed by atoms with van der Waals surface area (Å²) < 4.78 is 27.0. The molecular weight excluding hydrogens is 336 g/mol. The molecule has 144 valence electrons. The Hall–Kier alpha value is -0.820. The highest BCUT2D eigenvalue weighted by Crippen LogP contribution is 2.35. The van der Waals surface area contributed by atoms with E-state index in [4.69, 9.17) is 0 Å². The number of sulfonamides is 1. The molecule has 0 aromatic rings. The third-order valence-electron chi connectivity index (χ3n) is 6.05. The van der Waals surface area contributed by atoms with Gasteiger partial charge in [0.15, 0.2) is 5.96 Å². The molecule has 0 aromatic heterocycles.